The molecule has 0 aliphatic rings. The molecule has 0 radical (unpaired) electrons. The molecule has 0 aliphatic carbocycles. The molecule has 1 aromatic carbocycles. The number of benzene rings is 1. The van der Waals surface area contributed by atoms with Crippen molar-refractivity contribution >= 4 is 11.8 Å². The summed E-state index contributed by atoms with van der Waals surface area (Å²) in [6.45, 7) is 4.02. The van der Waals surface area contributed by atoms with Crippen LogP contribution < -0.4 is 0 Å². The third-order valence-corrected chi connectivity index (χ3v) is 3.61. The van der Waals surface area contributed by atoms with Crippen molar-refractivity contribution in [2.24, 2.45) is 5.41 Å². The van der Waals surface area contributed by atoms with E-state index in [9.17, 15) is 0 Å². The van der Waals surface area contributed by atoms with Crippen LogP contribution >= 0.6 is 11.8 Å². The van der Waals surface area contributed by atoms with Crippen molar-refractivity contribution in [3.63, 3.8) is 0 Å². The van der Waals surface area contributed by atoms with E-state index in [-0.39, 0.29) is 5.41 Å². The molecule has 86 valence electrons. The number of unbranched alkanes of at least 4 members (excludes halogenated alkanes) is 1. The molecule has 0 heterocycles. The number of thioether (sulfide) groups is 1. The third-order valence-electron chi connectivity index (χ3n) is 2.51. The van der Waals surface area contributed by atoms with Gasteiger partial charge in [0.15, 0.2) is 0 Å². The number of rotatable bonds is 6. The molecule has 0 unspecified atom stereocenters. The van der Waals surface area contributed by atoms with Crippen LogP contribution in [0.25, 0.3) is 0 Å². The molecular weight excluding hydrogens is 214 g/mol. The van der Waals surface area contributed by atoms with E-state index in [2.05, 4.69) is 30.3 Å². The second kappa shape index (κ2) is 6.60. The average Bonchev–Trinajstić information content (AvgIpc) is 2.30. The van der Waals surface area contributed by atoms with Gasteiger partial charge in [-0.1, -0.05) is 24.6 Å². The lowest BCUT2D eigenvalue weighted by atomic mass is 9.89. The number of hydrogen-bond donors (Lipinski definition) is 0. The number of nitrogens with zero attached hydrogens (tertiary/aromatic N) is 1. The zero-order valence-electron chi connectivity index (χ0n) is 10.1. The van der Waals surface area contributed by atoms with Gasteiger partial charge in [0.25, 0.3) is 0 Å². The Morgan fingerprint density at radius 2 is 1.88 bits per heavy atom. The normalized spacial score (nSPS) is 11.1. The largest absolute Gasteiger partial charge is 0.198 e. The second-order valence-corrected chi connectivity index (χ2v) is 5.78. The Bertz CT molecular complexity index is 338. The number of nitriles is 1. The van der Waals surface area contributed by atoms with Crippen LogP contribution in [0, 0.1) is 16.7 Å². The maximum absolute atomic E-state index is 8.87. The van der Waals surface area contributed by atoms with E-state index < -0.39 is 0 Å². The highest BCUT2D eigenvalue weighted by Gasteiger charge is 2.15. The van der Waals surface area contributed by atoms with Crippen LogP contribution in [0.2, 0.25) is 0 Å². The Hall–Kier alpha value is -0.940. The molecule has 0 bridgehead atoms. The van der Waals surface area contributed by atoms with E-state index in [4.69, 9.17) is 5.26 Å². The quantitative estimate of drug-likeness (QED) is 0.533. The van der Waals surface area contributed by atoms with E-state index >= 15 is 0 Å². The summed E-state index contributed by atoms with van der Waals surface area (Å²) in [5.41, 5.74) is -0.155. The van der Waals surface area contributed by atoms with Crippen molar-refractivity contribution in [2.45, 2.75) is 38.0 Å². The summed E-state index contributed by atoms with van der Waals surface area (Å²) in [7, 11) is 0. The molecule has 0 aromatic heterocycles. The summed E-state index contributed by atoms with van der Waals surface area (Å²) in [4.78, 5) is 1.34. The molecule has 0 saturated carbocycles. The average molecular weight is 233 g/mol. The highest BCUT2D eigenvalue weighted by Crippen LogP contribution is 2.24. The fourth-order valence-electron chi connectivity index (χ4n) is 1.43. The molecule has 0 spiro atoms. The topological polar surface area (TPSA) is 23.8 Å². The van der Waals surface area contributed by atoms with E-state index in [1.807, 2.05) is 31.7 Å². The van der Waals surface area contributed by atoms with Crippen LogP contribution in [-0.4, -0.2) is 5.75 Å². The van der Waals surface area contributed by atoms with Gasteiger partial charge in [0.2, 0.25) is 0 Å². The van der Waals surface area contributed by atoms with Crippen molar-refractivity contribution < 1.29 is 0 Å². The van der Waals surface area contributed by atoms with Gasteiger partial charge in [0.05, 0.1) is 11.5 Å². The van der Waals surface area contributed by atoms with Gasteiger partial charge in [0, 0.05) is 4.90 Å². The molecular formula is C14H19NS. The second-order valence-electron chi connectivity index (χ2n) is 4.61. The third kappa shape index (κ3) is 5.23. The molecule has 0 saturated heterocycles. The highest BCUT2D eigenvalue weighted by molar-refractivity contribution is 7.99. The minimum Gasteiger partial charge on any atom is -0.198 e. The summed E-state index contributed by atoms with van der Waals surface area (Å²) in [5.74, 6) is 1.14. The predicted molar refractivity (Wildman–Crippen MR) is 70.4 cm³/mol. The Kier molecular flexibility index (Phi) is 5.42. The summed E-state index contributed by atoms with van der Waals surface area (Å²) < 4.78 is 0. The first-order chi connectivity index (χ1) is 7.64. The lowest BCUT2D eigenvalue weighted by Crippen LogP contribution is -2.07. The van der Waals surface area contributed by atoms with Crippen LogP contribution in [-0.2, 0) is 0 Å². The molecule has 0 amide bonds. The predicted octanol–water partition coefficient (Wildman–Crippen LogP) is 4.50. The van der Waals surface area contributed by atoms with Crippen LogP contribution in [0.1, 0.15) is 33.1 Å². The van der Waals surface area contributed by atoms with Gasteiger partial charge in [-0.2, -0.15) is 5.26 Å². The Morgan fingerprint density at radius 3 is 2.50 bits per heavy atom. The van der Waals surface area contributed by atoms with Gasteiger partial charge in [-0.25, -0.2) is 0 Å². The first-order valence-corrected chi connectivity index (χ1v) is 6.72. The maximum atomic E-state index is 8.87. The lowest BCUT2D eigenvalue weighted by Gasteiger charge is -2.13. The van der Waals surface area contributed by atoms with Gasteiger partial charge in [0.1, 0.15) is 0 Å². The van der Waals surface area contributed by atoms with Crippen molar-refractivity contribution in [1.82, 2.24) is 0 Å². The van der Waals surface area contributed by atoms with Crippen molar-refractivity contribution in [1.29, 1.82) is 5.26 Å². The zero-order chi connectivity index (χ0) is 11.9. The first kappa shape index (κ1) is 13.1. The Morgan fingerprint density at radius 1 is 1.19 bits per heavy atom. The molecule has 1 nitrogen and oxygen atoms in total. The first-order valence-electron chi connectivity index (χ1n) is 5.73. The van der Waals surface area contributed by atoms with Crippen molar-refractivity contribution in [3.05, 3.63) is 30.3 Å². The Labute approximate surface area is 103 Å². The maximum Gasteiger partial charge on any atom is 0.0683 e. The molecule has 1 rings (SSSR count). The fraction of sp³-hybridized carbons (Fsp3) is 0.500. The number of hydrogen-bond acceptors (Lipinski definition) is 2. The highest BCUT2D eigenvalue weighted by atomic mass is 32.2. The van der Waals surface area contributed by atoms with E-state index in [1.165, 1.54) is 11.3 Å². The van der Waals surface area contributed by atoms with Gasteiger partial charge in [-0.3, -0.25) is 0 Å². The molecule has 1 aromatic rings. The van der Waals surface area contributed by atoms with E-state index in [1.54, 1.807) is 0 Å². The minimum atomic E-state index is -0.155. The van der Waals surface area contributed by atoms with Crippen LogP contribution in [0.4, 0.5) is 0 Å². The minimum absolute atomic E-state index is 0.155. The van der Waals surface area contributed by atoms with Gasteiger partial charge >= 0.3 is 0 Å². The SMILES string of the molecule is CC(C)(C#N)CCCCSc1ccccc1. The van der Waals surface area contributed by atoms with Crippen LogP contribution in [0.3, 0.4) is 0 Å². The summed E-state index contributed by atoms with van der Waals surface area (Å²) in [6, 6.07) is 12.8. The monoisotopic (exact) mass is 233 g/mol. The standard InChI is InChI=1S/C14H19NS/c1-14(2,12-15)10-6-7-11-16-13-8-4-3-5-9-13/h3-5,8-9H,6-7,10-11H2,1-2H3. The van der Waals surface area contributed by atoms with Gasteiger partial charge in [-0.15, -0.1) is 11.8 Å². The van der Waals surface area contributed by atoms with Gasteiger partial charge < -0.3 is 0 Å². The molecule has 16 heavy (non-hydrogen) atoms. The summed E-state index contributed by atoms with van der Waals surface area (Å²) in [6.07, 6.45) is 3.32. The van der Waals surface area contributed by atoms with Crippen molar-refractivity contribution in [3.8, 4) is 6.07 Å². The molecule has 0 aliphatic heterocycles. The lowest BCUT2D eigenvalue weighted by molar-refractivity contribution is 0.433. The molecule has 2 heteroatoms. The summed E-state index contributed by atoms with van der Waals surface area (Å²) in [5, 5.41) is 8.87. The van der Waals surface area contributed by atoms with Crippen molar-refractivity contribution in [2.75, 3.05) is 5.75 Å². The van der Waals surface area contributed by atoms with Crippen LogP contribution in [0.5, 0.6) is 0 Å². The fourth-order valence-corrected chi connectivity index (χ4v) is 2.37. The molecule has 0 atom stereocenters. The summed E-state index contributed by atoms with van der Waals surface area (Å²) >= 11 is 1.90. The Balaban J connectivity index is 2.12. The van der Waals surface area contributed by atoms with E-state index in [0.717, 1.165) is 18.6 Å². The zero-order valence-corrected chi connectivity index (χ0v) is 10.9. The van der Waals surface area contributed by atoms with E-state index in [0.29, 0.717) is 0 Å². The molecule has 0 fully saturated rings. The molecule has 0 N–H and O–H groups in total. The van der Waals surface area contributed by atoms with Gasteiger partial charge in [-0.05, 0) is 44.6 Å². The smallest absolute Gasteiger partial charge is 0.0683 e. The van der Waals surface area contributed by atoms with Crippen LogP contribution in [0.15, 0.2) is 35.2 Å².